The minimum absolute atomic E-state index is 0.0293. The molecule has 0 spiro atoms. The molecule has 0 aromatic heterocycles. The van der Waals surface area contributed by atoms with Crippen molar-refractivity contribution in [1.82, 2.24) is 0 Å². The van der Waals surface area contributed by atoms with Crippen LogP contribution in [-0.2, 0) is 9.22 Å². The summed E-state index contributed by atoms with van der Waals surface area (Å²) in [4.78, 5) is 11.5. The first kappa shape index (κ1) is 13.6. The van der Waals surface area contributed by atoms with Gasteiger partial charge in [-0.15, -0.1) is 0 Å². The van der Waals surface area contributed by atoms with Gasteiger partial charge in [0.1, 0.15) is 6.10 Å². The van der Waals surface area contributed by atoms with Gasteiger partial charge < -0.3 is 4.43 Å². The largest absolute Gasteiger partial charge is 0.407 e. The minimum atomic E-state index is -1.64. The lowest BCUT2D eigenvalue weighted by Gasteiger charge is -2.26. The van der Waals surface area contributed by atoms with Crippen LogP contribution in [0.5, 0.6) is 0 Å². The molecule has 0 radical (unpaired) electrons. The molecule has 2 nitrogen and oxygen atoms in total. The lowest BCUT2D eigenvalue weighted by Crippen LogP contribution is -2.37. The average Bonchev–Trinajstić information content (AvgIpc) is 2.01. The van der Waals surface area contributed by atoms with E-state index in [1.54, 1.807) is 6.92 Å². The third kappa shape index (κ3) is 4.72. The van der Waals surface area contributed by atoms with Gasteiger partial charge >= 0.3 is 0 Å². The summed E-state index contributed by atoms with van der Waals surface area (Å²) in [5.74, 6) is 0.0293. The van der Waals surface area contributed by atoms with Crippen LogP contribution in [0.4, 0.5) is 0 Å². The highest BCUT2D eigenvalue weighted by Crippen LogP contribution is 2.17. The van der Waals surface area contributed by atoms with Crippen molar-refractivity contribution in [2.45, 2.75) is 52.4 Å². The second-order valence-corrected chi connectivity index (χ2v) is 8.67. The smallest absolute Gasteiger partial charge is 0.187 e. The Balaban J connectivity index is 4.23. The Hall–Kier alpha value is -0.413. The van der Waals surface area contributed by atoms with E-state index in [4.69, 9.17) is 4.43 Å². The summed E-state index contributed by atoms with van der Waals surface area (Å²) in [6, 6.07) is 1.10. The Kier molecular flexibility index (Phi) is 5.30. The molecule has 0 aromatic rings. The van der Waals surface area contributed by atoms with Crippen molar-refractivity contribution in [3.05, 3.63) is 12.2 Å². The minimum Gasteiger partial charge on any atom is -0.407 e. The number of carbonyl (C=O) groups is 1. The molecule has 0 fully saturated rings. The Bertz CT molecular complexity index is 221. The first-order valence-corrected chi connectivity index (χ1v) is 8.29. The average molecular weight is 214 g/mol. The summed E-state index contributed by atoms with van der Waals surface area (Å²) in [5, 5.41) is 0. The number of Topliss-reactive ketones (excluding diaryl/α,β-unsaturated/α-hetero) is 1. The lowest BCUT2D eigenvalue weighted by molar-refractivity contribution is -0.121. The topological polar surface area (TPSA) is 26.3 Å². The molecule has 0 rings (SSSR count). The molecule has 0 bridgehead atoms. The van der Waals surface area contributed by atoms with Gasteiger partial charge in [0.25, 0.3) is 0 Å². The van der Waals surface area contributed by atoms with Crippen LogP contribution in [-0.4, -0.2) is 20.2 Å². The standard InChI is InChI=1S/C11H22O2Si/c1-7-8-14(5,6)13-10(4)11(12)9(2)3/h10H,2,7-8H2,1,3-6H3. The van der Waals surface area contributed by atoms with Crippen LogP contribution in [0.25, 0.3) is 0 Å². The molecule has 1 atom stereocenters. The molecular formula is C11H22O2Si. The Morgan fingerprint density at radius 2 is 2.00 bits per heavy atom. The van der Waals surface area contributed by atoms with Crippen molar-refractivity contribution in [1.29, 1.82) is 0 Å². The maximum absolute atomic E-state index is 11.5. The zero-order valence-electron chi connectivity index (χ0n) is 10.0. The van der Waals surface area contributed by atoms with Crippen molar-refractivity contribution in [2.75, 3.05) is 0 Å². The molecule has 0 saturated heterocycles. The van der Waals surface area contributed by atoms with Crippen molar-refractivity contribution in [3.8, 4) is 0 Å². The fourth-order valence-corrected chi connectivity index (χ4v) is 3.93. The monoisotopic (exact) mass is 214 g/mol. The van der Waals surface area contributed by atoms with Gasteiger partial charge in [0.15, 0.2) is 14.1 Å². The number of hydrogen-bond acceptors (Lipinski definition) is 2. The Labute approximate surface area is 88.5 Å². The maximum Gasteiger partial charge on any atom is 0.187 e. The van der Waals surface area contributed by atoms with Crippen molar-refractivity contribution >= 4 is 14.1 Å². The number of ketones is 1. The van der Waals surface area contributed by atoms with Crippen LogP contribution in [0.3, 0.4) is 0 Å². The van der Waals surface area contributed by atoms with E-state index in [0.717, 1.165) is 12.5 Å². The highest BCUT2D eigenvalue weighted by molar-refractivity contribution is 6.71. The summed E-state index contributed by atoms with van der Waals surface area (Å²) in [6.45, 7) is 13.6. The molecular weight excluding hydrogens is 192 g/mol. The van der Waals surface area contributed by atoms with E-state index in [2.05, 4.69) is 26.6 Å². The van der Waals surface area contributed by atoms with E-state index < -0.39 is 8.32 Å². The van der Waals surface area contributed by atoms with Gasteiger partial charge in [-0.2, -0.15) is 0 Å². The van der Waals surface area contributed by atoms with E-state index in [0.29, 0.717) is 5.57 Å². The predicted octanol–water partition coefficient (Wildman–Crippen LogP) is 3.15. The van der Waals surface area contributed by atoms with E-state index in [-0.39, 0.29) is 11.9 Å². The second kappa shape index (κ2) is 5.46. The van der Waals surface area contributed by atoms with Crippen LogP contribution >= 0.6 is 0 Å². The van der Waals surface area contributed by atoms with Gasteiger partial charge in [0, 0.05) is 0 Å². The first-order valence-electron chi connectivity index (χ1n) is 5.17. The molecule has 0 aromatic carbocycles. The Morgan fingerprint density at radius 3 is 2.36 bits per heavy atom. The predicted molar refractivity (Wildman–Crippen MR) is 62.9 cm³/mol. The summed E-state index contributed by atoms with van der Waals surface area (Å²) in [5.41, 5.74) is 0.582. The van der Waals surface area contributed by atoms with Gasteiger partial charge in [-0.25, -0.2) is 0 Å². The zero-order valence-corrected chi connectivity index (χ0v) is 11.0. The molecule has 82 valence electrons. The number of hydrogen-bond donors (Lipinski definition) is 0. The van der Waals surface area contributed by atoms with E-state index in [1.165, 1.54) is 0 Å². The molecule has 0 amide bonds. The maximum atomic E-state index is 11.5. The molecule has 0 heterocycles. The van der Waals surface area contributed by atoms with E-state index in [9.17, 15) is 4.79 Å². The van der Waals surface area contributed by atoms with Gasteiger partial charge in [0.05, 0.1) is 0 Å². The third-order valence-corrected chi connectivity index (χ3v) is 4.83. The van der Waals surface area contributed by atoms with Crippen molar-refractivity contribution in [3.63, 3.8) is 0 Å². The van der Waals surface area contributed by atoms with Gasteiger partial charge in [-0.1, -0.05) is 19.9 Å². The number of carbonyl (C=O) groups excluding carboxylic acids is 1. The van der Waals surface area contributed by atoms with Crippen LogP contribution < -0.4 is 0 Å². The van der Waals surface area contributed by atoms with Crippen molar-refractivity contribution in [2.24, 2.45) is 0 Å². The summed E-state index contributed by atoms with van der Waals surface area (Å²) in [7, 11) is -1.64. The summed E-state index contributed by atoms with van der Waals surface area (Å²) >= 11 is 0. The van der Waals surface area contributed by atoms with Crippen LogP contribution in [0.1, 0.15) is 27.2 Å². The molecule has 14 heavy (non-hydrogen) atoms. The van der Waals surface area contributed by atoms with Crippen LogP contribution in [0.15, 0.2) is 12.2 Å². The fourth-order valence-electron chi connectivity index (χ4n) is 1.54. The highest BCUT2D eigenvalue weighted by Gasteiger charge is 2.26. The van der Waals surface area contributed by atoms with Crippen LogP contribution in [0.2, 0.25) is 19.1 Å². The quantitative estimate of drug-likeness (QED) is 0.501. The highest BCUT2D eigenvalue weighted by atomic mass is 28.4. The second-order valence-electron chi connectivity index (χ2n) is 4.41. The molecule has 0 aliphatic rings. The SMILES string of the molecule is C=C(C)C(=O)C(C)O[Si](C)(C)CCC. The first-order chi connectivity index (χ1) is 6.30. The normalized spacial score (nSPS) is 13.8. The third-order valence-electron chi connectivity index (χ3n) is 2.14. The molecule has 0 aliphatic carbocycles. The van der Waals surface area contributed by atoms with Gasteiger partial charge in [-0.3, -0.25) is 4.79 Å². The number of rotatable bonds is 6. The molecule has 3 heteroatoms. The Morgan fingerprint density at radius 1 is 1.50 bits per heavy atom. The lowest BCUT2D eigenvalue weighted by atomic mass is 10.1. The molecule has 1 unspecified atom stereocenters. The van der Waals surface area contributed by atoms with E-state index in [1.807, 2.05) is 6.92 Å². The van der Waals surface area contributed by atoms with Crippen LogP contribution in [0, 0.1) is 0 Å². The van der Waals surface area contributed by atoms with Gasteiger partial charge in [0.2, 0.25) is 0 Å². The molecule has 0 N–H and O–H groups in total. The fraction of sp³-hybridized carbons (Fsp3) is 0.727. The summed E-state index contributed by atoms with van der Waals surface area (Å²) in [6.07, 6.45) is 0.799. The van der Waals surface area contributed by atoms with E-state index >= 15 is 0 Å². The van der Waals surface area contributed by atoms with Gasteiger partial charge in [-0.05, 0) is 38.6 Å². The zero-order chi connectivity index (χ0) is 11.4. The molecule has 0 saturated carbocycles. The van der Waals surface area contributed by atoms with Crippen molar-refractivity contribution < 1.29 is 9.22 Å². The summed E-state index contributed by atoms with van der Waals surface area (Å²) < 4.78 is 5.83. The molecule has 0 aliphatic heterocycles.